The molecule has 3 nitrogen and oxygen atoms in total. The molecule has 2 aromatic carbocycles. The van der Waals surface area contributed by atoms with E-state index in [-0.39, 0.29) is 5.92 Å². The fourth-order valence-electron chi connectivity index (χ4n) is 3.20. The van der Waals surface area contributed by atoms with E-state index in [1.165, 1.54) is 11.3 Å². The molecule has 0 amide bonds. The molecular weight excluding hydrogens is 352 g/mol. The number of aromatic nitrogens is 2. The van der Waals surface area contributed by atoms with Crippen LogP contribution in [0.25, 0.3) is 0 Å². The van der Waals surface area contributed by atoms with Gasteiger partial charge in [0.25, 0.3) is 0 Å². The molecule has 0 saturated heterocycles. The average Bonchev–Trinajstić information content (AvgIpc) is 3.17. The van der Waals surface area contributed by atoms with E-state index in [4.69, 9.17) is 0 Å². The molecule has 0 aliphatic carbocycles. The molecular formula is C23H28N2OS. The standard InChI is InChI=1S/C23H28N2OS/c1-18(2)12-15-27-21-10-8-20(9-11-21)23(19-6-4-3-5-7-19)22(26)16-25-14-13-24-17-25/h3-11,13-14,17-18,22-23,26H,12,15-16H2,1-2H3. The first-order chi connectivity index (χ1) is 13.1. The molecule has 3 aromatic rings. The van der Waals surface area contributed by atoms with Crippen molar-refractivity contribution in [3.05, 3.63) is 84.4 Å². The van der Waals surface area contributed by atoms with E-state index < -0.39 is 6.10 Å². The second-order valence-electron chi connectivity index (χ2n) is 7.32. The summed E-state index contributed by atoms with van der Waals surface area (Å²) < 4.78 is 1.93. The lowest BCUT2D eigenvalue weighted by molar-refractivity contribution is 0.136. The van der Waals surface area contributed by atoms with Gasteiger partial charge in [-0.1, -0.05) is 56.3 Å². The van der Waals surface area contributed by atoms with Gasteiger partial charge in [0.15, 0.2) is 0 Å². The molecule has 1 aromatic heterocycles. The van der Waals surface area contributed by atoms with Crippen molar-refractivity contribution >= 4 is 11.8 Å². The zero-order valence-electron chi connectivity index (χ0n) is 16.0. The lowest BCUT2D eigenvalue weighted by Gasteiger charge is -2.24. The molecule has 0 aliphatic heterocycles. The number of imidazole rings is 1. The number of benzene rings is 2. The van der Waals surface area contributed by atoms with E-state index in [1.807, 2.05) is 40.7 Å². The largest absolute Gasteiger partial charge is 0.390 e. The van der Waals surface area contributed by atoms with Gasteiger partial charge in [0, 0.05) is 23.2 Å². The number of hydrogen-bond acceptors (Lipinski definition) is 3. The highest BCUT2D eigenvalue weighted by Gasteiger charge is 2.23. The van der Waals surface area contributed by atoms with Crippen LogP contribution in [-0.4, -0.2) is 26.5 Å². The van der Waals surface area contributed by atoms with Crippen LogP contribution in [0.2, 0.25) is 0 Å². The molecule has 0 aliphatic rings. The summed E-state index contributed by atoms with van der Waals surface area (Å²) in [6, 6.07) is 18.9. The zero-order chi connectivity index (χ0) is 19.1. The lowest BCUT2D eigenvalue weighted by atomic mass is 9.86. The van der Waals surface area contributed by atoms with Gasteiger partial charge in [0.1, 0.15) is 0 Å². The molecule has 1 N–H and O–H groups in total. The molecule has 142 valence electrons. The third-order valence-corrected chi connectivity index (χ3v) is 5.75. The number of hydrogen-bond donors (Lipinski definition) is 1. The molecule has 2 atom stereocenters. The van der Waals surface area contributed by atoms with Gasteiger partial charge in [0.2, 0.25) is 0 Å². The SMILES string of the molecule is CC(C)CCSc1ccc(C(c2ccccc2)C(O)Cn2ccnc2)cc1. The van der Waals surface area contributed by atoms with E-state index in [2.05, 4.69) is 55.2 Å². The Labute approximate surface area is 166 Å². The van der Waals surface area contributed by atoms with Crippen molar-refractivity contribution in [1.29, 1.82) is 0 Å². The van der Waals surface area contributed by atoms with Gasteiger partial charge in [0.05, 0.1) is 19.0 Å². The minimum Gasteiger partial charge on any atom is -0.390 e. The van der Waals surface area contributed by atoms with Crippen molar-refractivity contribution in [2.45, 2.75) is 43.7 Å². The summed E-state index contributed by atoms with van der Waals surface area (Å²) >= 11 is 1.90. The first-order valence-corrected chi connectivity index (χ1v) is 10.5. The third-order valence-electron chi connectivity index (χ3n) is 4.70. The summed E-state index contributed by atoms with van der Waals surface area (Å²) in [5, 5.41) is 11.0. The normalized spacial score (nSPS) is 13.6. The Hall–Kier alpha value is -2.04. The Bertz CT molecular complexity index is 785. The third kappa shape index (κ3) is 5.72. The van der Waals surface area contributed by atoms with E-state index in [1.54, 1.807) is 12.5 Å². The first-order valence-electron chi connectivity index (χ1n) is 9.55. The Morgan fingerprint density at radius 3 is 2.33 bits per heavy atom. The lowest BCUT2D eigenvalue weighted by Crippen LogP contribution is -2.24. The van der Waals surface area contributed by atoms with Crippen molar-refractivity contribution in [2.24, 2.45) is 5.92 Å². The van der Waals surface area contributed by atoms with Gasteiger partial charge >= 0.3 is 0 Å². The number of nitrogens with zero attached hydrogens (tertiary/aromatic N) is 2. The number of aliphatic hydroxyl groups is 1. The highest BCUT2D eigenvalue weighted by molar-refractivity contribution is 7.99. The van der Waals surface area contributed by atoms with Gasteiger partial charge in [-0.15, -0.1) is 11.8 Å². The van der Waals surface area contributed by atoms with Crippen molar-refractivity contribution in [3.63, 3.8) is 0 Å². The fourth-order valence-corrected chi connectivity index (χ4v) is 4.35. The van der Waals surface area contributed by atoms with Crippen molar-refractivity contribution in [1.82, 2.24) is 9.55 Å². The summed E-state index contributed by atoms with van der Waals surface area (Å²) in [6.07, 6.45) is 6.08. The van der Waals surface area contributed by atoms with E-state index in [0.717, 1.165) is 22.8 Å². The highest BCUT2D eigenvalue weighted by Crippen LogP contribution is 2.31. The van der Waals surface area contributed by atoms with Gasteiger partial charge in [-0.05, 0) is 41.4 Å². The maximum atomic E-state index is 11.0. The van der Waals surface area contributed by atoms with Crippen molar-refractivity contribution < 1.29 is 5.11 Å². The fraction of sp³-hybridized carbons (Fsp3) is 0.348. The second kappa shape index (κ2) is 9.77. The Morgan fingerprint density at radius 1 is 1.00 bits per heavy atom. The monoisotopic (exact) mass is 380 g/mol. The van der Waals surface area contributed by atoms with Crippen LogP contribution in [0.4, 0.5) is 0 Å². The van der Waals surface area contributed by atoms with Crippen molar-refractivity contribution in [2.75, 3.05) is 5.75 Å². The molecule has 3 rings (SSSR count). The topological polar surface area (TPSA) is 38.0 Å². The minimum atomic E-state index is -0.527. The van der Waals surface area contributed by atoms with Crippen LogP contribution < -0.4 is 0 Å². The van der Waals surface area contributed by atoms with E-state index in [9.17, 15) is 5.11 Å². The van der Waals surface area contributed by atoms with Gasteiger partial charge in [-0.3, -0.25) is 0 Å². The predicted molar refractivity (Wildman–Crippen MR) is 113 cm³/mol. The summed E-state index contributed by atoms with van der Waals surface area (Å²) in [6.45, 7) is 5.04. The van der Waals surface area contributed by atoms with Crippen LogP contribution in [0.1, 0.15) is 37.3 Å². The molecule has 1 heterocycles. The maximum Gasteiger partial charge on any atom is 0.0946 e. The van der Waals surface area contributed by atoms with E-state index >= 15 is 0 Å². The Kier molecular flexibility index (Phi) is 7.13. The van der Waals surface area contributed by atoms with Crippen LogP contribution in [-0.2, 0) is 6.54 Å². The summed E-state index contributed by atoms with van der Waals surface area (Å²) in [4.78, 5) is 5.37. The predicted octanol–water partition coefficient (Wildman–Crippen LogP) is 5.21. The quantitative estimate of drug-likeness (QED) is 0.518. The average molecular weight is 381 g/mol. The smallest absolute Gasteiger partial charge is 0.0946 e. The summed E-state index contributed by atoms with van der Waals surface area (Å²) in [7, 11) is 0. The van der Waals surface area contributed by atoms with Gasteiger partial charge in [-0.25, -0.2) is 4.98 Å². The molecule has 0 spiro atoms. The van der Waals surface area contributed by atoms with Crippen LogP contribution in [0.5, 0.6) is 0 Å². The molecule has 0 radical (unpaired) electrons. The zero-order valence-corrected chi connectivity index (χ0v) is 16.8. The first kappa shape index (κ1) is 19.7. The molecule has 2 unspecified atom stereocenters. The Morgan fingerprint density at radius 2 is 1.70 bits per heavy atom. The molecule has 27 heavy (non-hydrogen) atoms. The van der Waals surface area contributed by atoms with Crippen LogP contribution >= 0.6 is 11.8 Å². The highest BCUT2D eigenvalue weighted by atomic mass is 32.2. The second-order valence-corrected chi connectivity index (χ2v) is 8.48. The molecule has 4 heteroatoms. The van der Waals surface area contributed by atoms with E-state index in [0.29, 0.717) is 6.54 Å². The number of aliphatic hydroxyl groups excluding tert-OH is 1. The number of rotatable bonds is 9. The summed E-state index contributed by atoms with van der Waals surface area (Å²) in [5.74, 6) is 1.81. The van der Waals surface area contributed by atoms with Crippen molar-refractivity contribution in [3.8, 4) is 0 Å². The number of thioether (sulfide) groups is 1. The Balaban J connectivity index is 1.78. The van der Waals surface area contributed by atoms with Gasteiger partial charge in [-0.2, -0.15) is 0 Å². The summed E-state index contributed by atoms with van der Waals surface area (Å²) in [5.41, 5.74) is 2.27. The molecule has 0 fully saturated rings. The maximum absolute atomic E-state index is 11.0. The van der Waals surface area contributed by atoms with Gasteiger partial charge < -0.3 is 9.67 Å². The minimum absolute atomic E-state index is 0.0664. The van der Waals surface area contributed by atoms with Crippen LogP contribution in [0.15, 0.2) is 78.2 Å². The molecule has 0 saturated carbocycles. The molecule has 0 bridgehead atoms. The van der Waals surface area contributed by atoms with Crippen LogP contribution in [0, 0.1) is 5.92 Å². The van der Waals surface area contributed by atoms with Crippen LogP contribution in [0.3, 0.4) is 0 Å².